The van der Waals surface area contributed by atoms with Gasteiger partial charge in [0, 0.05) is 0 Å². The molecule has 0 saturated carbocycles. The Morgan fingerprint density at radius 1 is 1.43 bits per heavy atom. The molecule has 5 heteroatoms. The van der Waals surface area contributed by atoms with Gasteiger partial charge in [-0.25, -0.2) is 0 Å². The first kappa shape index (κ1) is 15.8. The Hall–Kier alpha value is -1.54. The number of benzene rings is 1. The third-order valence-electron chi connectivity index (χ3n) is 3.60. The monoisotopic (exact) mass is 346 g/mol. The van der Waals surface area contributed by atoms with Crippen LogP contribution < -0.4 is 5.73 Å². The summed E-state index contributed by atoms with van der Waals surface area (Å²) in [6.07, 6.45) is 4.45. The van der Waals surface area contributed by atoms with Crippen LogP contribution in [-0.2, 0) is 5.54 Å². The molecule has 0 aliphatic carbocycles. The van der Waals surface area contributed by atoms with Crippen LogP contribution in [0.15, 0.2) is 36.5 Å². The zero-order valence-electron chi connectivity index (χ0n) is 12.6. The molecule has 0 saturated heterocycles. The van der Waals surface area contributed by atoms with Crippen LogP contribution >= 0.6 is 0 Å². The molecule has 4 nitrogen and oxygen atoms in total. The molecule has 0 fully saturated rings. The normalized spacial score (nSPS) is 13.7. The van der Waals surface area contributed by atoms with Gasteiger partial charge in [0.05, 0.1) is 0 Å². The van der Waals surface area contributed by atoms with E-state index in [1.807, 2.05) is 10.6 Å². The summed E-state index contributed by atoms with van der Waals surface area (Å²) in [7, 11) is 0. The minimum absolute atomic E-state index is 0.166. The van der Waals surface area contributed by atoms with E-state index in [-0.39, 0.29) is 21.3 Å². The van der Waals surface area contributed by atoms with Crippen molar-refractivity contribution < 1.29 is 4.79 Å². The summed E-state index contributed by atoms with van der Waals surface area (Å²) in [5.41, 5.74) is 6.59. The van der Waals surface area contributed by atoms with E-state index in [0.717, 1.165) is 5.21 Å². The first-order valence-corrected chi connectivity index (χ1v) is 9.65. The van der Waals surface area contributed by atoms with Crippen LogP contribution in [-0.4, -0.2) is 31.2 Å². The molecule has 2 N–H and O–H groups in total. The Bertz CT molecular complexity index is 607. The zero-order chi connectivity index (χ0) is 15.5. The fourth-order valence-electron chi connectivity index (χ4n) is 2.25. The Morgan fingerprint density at radius 2 is 2.10 bits per heavy atom. The number of nitrogens with zero attached hydrogens (tertiary/aromatic N) is 2. The number of hydrogen-bond acceptors (Lipinski definition) is 2. The van der Waals surface area contributed by atoms with E-state index in [0.29, 0.717) is 10.5 Å². The molecule has 2 unspecified atom stereocenters. The zero-order valence-corrected chi connectivity index (χ0v) is 14.7. The quantitative estimate of drug-likeness (QED) is 0.815. The van der Waals surface area contributed by atoms with Gasteiger partial charge >= 0.3 is 132 Å². The molecule has 1 amide bonds. The predicted molar refractivity (Wildman–Crippen MR) is 85.7 cm³/mol. The Labute approximate surface area is 132 Å². The minimum atomic E-state index is -0.500. The van der Waals surface area contributed by atoms with Crippen molar-refractivity contribution in [2.75, 3.05) is 0 Å². The van der Waals surface area contributed by atoms with Crippen LogP contribution in [0.1, 0.15) is 41.7 Å². The number of rotatable bonds is 6. The Morgan fingerprint density at radius 3 is 2.71 bits per heavy atom. The van der Waals surface area contributed by atoms with Crippen molar-refractivity contribution in [2.24, 2.45) is 5.73 Å². The maximum atomic E-state index is 11.4. The van der Waals surface area contributed by atoms with E-state index in [2.05, 4.69) is 56.2 Å². The summed E-state index contributed by atoms with van der Waals surface area (Å²) in [6, 6.07) is 10.6. The molecule has 1 aromatic heterocycles. The number of primary amides is 1. The van der Waals surface area contributed by atoms with E-state index in [1.165, 1.54) is 5.56 Å². The topological polar surface area (TPSA) is 60.9 Å². The number of amides is 1. The van der Waals surface area contributed by atoms with Crippen molar-refractivity contribution in [3.8, 4) is 0 Å². The number of carbonyl (C=O) groups excluding carboxylic acids is 1. The van der Waals surface area contributed by atoms with Crippen molar-refractivity contribution in [3.63, 3.8) is 0 Å². The van der Waals surface area contributed by atoms with Crippen molar-refractivity contribution in [1.82, 2.24) is 9.55 Å². The number of hydrogen-bond donors (Lipinski definition) is 1. The van der Waals surface area contributed by atoms with Crippen LogP contribution in [0, 0.1) is 6.20 Å². The molecule has 2 rings (SSSR count). The van der Waals surface area contributed by atoms with E-state index in [1.54, 1.807) is 6.20 Å². The van der Waals surface area contributed by atoms with E-state index in [9.17, 15) is 4.79 Å². The van der Waals surface area contributed by atoms with Gasteiger partial charge in [-0.2, -0.15) is 0 Å². The first-order chi connectivity index (χ1) is 9.92. The molecular formula is C16H21AsN3O. The molecule has 111 valence electrons. The number of nitrogens with two attached hydrogens (primary N) is 1. The molecule has 1 radical (unpaired) electrons. The Balaban J connectivity index is 2.07. The summed E-state index contributed by atoms with van der Waals surface area (Å²) in [5.74, 6) is -0.209. The molecule has 0 aliphatic rings. The second-order valence-corrected chi connectivity index (χ2v) is 9.17. The Kier molecular flexibility index (Phi) is 4.89. The van der Waals surface area contributed by atoms with Gasteiger partial charge in [-0.3, -0.25) is 0 Å². The van der Waals surface area contributed by atoms with Gasteiger partial charge in [0.15, 0.2) is 0 Å². The average Bonchev–Trinajstić information content (AvgIpc) is 2.96. The maximum absolute atomic E-state index is 11.4. The third kappa shape index (κ3) is 3.76. The van der Waals surface area contributed by atoms with Crippen molar-refractivity contribution in [3.05, 3.63) is 54.1 Å². The van der Waals surface area contributed by atoms with Gasteiger partial charge < -0.3 is 0 Å². The third-order valence-corrected chi connectivity index (χ3v) is 7.83. The van der Waals surface area contributed by atoms with E-state index >= 15 is 0 Å². The molecule has 2 atom stereocenters. The predicted octanol–water partition coefficient (Wildman–Crippen LogP) is 2.13. The average molecular weight is 346 g/mol. The van der Waals surface area contributed by atoms with Crippen LogP contribution in [0.3, 0.4) is 0 Å². The van der Waals surface area contributed by atoms with Crippen LogP contribution in [0.4, 0.5) is 0 Å². The fourth-order valence-corrected chi connectivity index (χ4v) is 5.19. The summed E-state index contributed by atoms with van der Waals surface area (Å²) in [4.78, 5) is 15.4. The molecule has 2 aromatic rings. The molecule has 0 spiro atoms. The molecule has 21 heavy (non-hydrogen) atoms. The SMILES string of the molecule is CC([AsH]CC(C)(C)n1c[c]nc1C(N)=O)c1ccccc1. The second-order valence-electron chi connectivity index (χ2n) is 5.75. The standard InChI is InChI=1S/C16H21AsN3O/c1-12(13-7-5-4-6-8-13)17-11-16(2,3)20-10-9-19-15(20)14(18)21/h4-8,10,12,17H,11H2,1-3H3,(H2,18,21). The molecule has 1 aromatic carbocycles. The molecule has 1 heterocycles. The number of carbonyl (C=O) groups is 1. The van der Waals surface area contributed by atoms with Gasteiger partial charge in [0.25, 0.3) is 0 Å². The van der Waals surface area contributed by atoms with Gasteiger partial charge in [-0.15, -0.1) is 0 Å². The van der Waals surface area contributed by atoms with Crippen molar-refractivity contribution >= 4 is 21.7 Å². The van der Waals surface area contributed by atoms with Crippen molar-refractivity contribution in [1.29, 1.82) is 0 Å². The fraction of sp³-hybridized carbons (Fsp3) is 0.375. The first-order valence-electron chi connectivity index (χ1n) is 6.96. The summed E-state index contributed by atoms with van der Waals surface area (Å²) in [6.45, 7) is 6.52. The van der Waals surface area contributed by atoms with Gasteiger partial charge in [-0.1, -0.05) is 0 Å². The van der Waals surface area contributed by atoms with Crippen molar-refractivity contribution in [2.45, 2.75) is 36.2 Å². The number of imidazole rings is 1. The van der Waals surface area contributed by atoms with Gasteiger partial charge in [0.2, 0.25) is 0 Å². The van der Waals surface area contributed by atoms with Crippen LogP contribution in [0.2, 0.25) is 5.21 Å². The van der Waals surface area contributed by atoms with E-state index in [4.69, 9.17) is 5.73 Å². The molecular weight excluding hydrogens is 325 g/mol. The molecule has 0 bridgehead atoms. The van der Waals surface area contributed by atoms with E-state index < -0.39 is 5.91 Å². The second kappa shape index (κ2) is 6.48. The van der Waals surface area contributed by atoms with Crippen LogP contribution in [0.5, 0.6) is 0 Å². The van der Waals surface area contributed by atoms with Gasteiger partial charge in [0.1, 0.15) is 0 Å². The summed E-state index contributed by atoms with van der Waals surface area (Å²) in [5, 5.41) is 1.05. The summed E-state index contributed by atoms with van der Waals surface area (Å²) >= 11 is -0.208. The summed E-state index contributed by atoms with van der Waals surface area (Å²) < 4.78 is 2.45. The van der Waals surface area contributed by atoms with Gasteiger partial charge in [-0.05, 0) is 0 Å². The molecule has 0 aliphatic heterocycles. The number of aromatic nitrogens is 2. The van der Waals surface area contributed by atoms with Crippen LogP contribution in [0.25, 0.3) is 0 Å².